The third-order valence-corrected chi connectivity index (χ3v) is 4.75. The average molecular weight is 385 g/mol. The molecule has 0 bridgehead atoms. The third kappa shape index (κ3) is 3.19. The summed E-state index contributed by atoms with van der Waals surface area (Å²) < 4.78 is 10.2. The molecule has 2 aromatic carbocycles. The van der Waals surface area contributed by atoms with Crippen LogP contribution in [0.4, 0.5) is 11.7 Å². The van der Waals surface area contributed by atoms with Crippen LogP contribution < -0.4 is 10.6 Å². The highest BCUT2D eigenvalue weighted by molar-refractivity contribution is 6.04. The van der Waals surface area contributed by atoms with Gasteiger partial charge in [0.1, 0.15) is 6.26 Å². The van der Waals surface area contributed by atoms with E-state index < -0.39 is 11.8 Å². The number of nitrogens with one attached hydrogen (secondary N) is 2. The van der Waals surface area contributed by atoms with Crippen molar-refractivity contribution >= 4 is 23.5 Å². The minimum absolute atomic E-state index is 0.0588. The van der Waals surface area contributed by atoms with Crippen molar-refractivity contribution in [2.24, 2.45) is 0 Å². The summed E-state index contributed by atoms with van der Waals surface area (Å²) in [6, 6.07) is 17.1. The standard InChI is InChI=1S/C22H15N3O4/c26-20(18-12-29-22(24-18)25-21(27)19-6-3-9-28-19)23-15-7-8-17-14(11-15)10-13-4-1-2-5-16(13)17/h1-9,11-12H,10H2,(H,23,26)(H,24,25,27). The number of benzene rings is 2. The van der Waals surface area contributed by atoms with Gasteiger partial charge in [0.15, 0.2) is 11.5 Å². The maximum atomic E-state index is 12.5. The lowest BCUT2D eigenvalue weighted by molar-refractivity contribution is 0.0990. The topological polar surface area (TPSA) is 97.4 Å². The molecule has 5 rings (SSSR count). The second kappa shape index (κ2) is 6.79. The van der Waals surface area contributed by atoms with Crippen LogP contribution in [0.2, 0.25) is 0 Å². The van der Waals surface area contributed by atoms with E-state index in [4.69, 9.17) is 8.83 Å². The summed E-state index contributed by atoms with van der Waals surface area (Å²) in [4.78, 5) is 28.4. The number of hydrogen-bond donors (Lipinski definition) is 2. The number of rotatable bonds is 4. The van der Waals surface area contributed by atoms with Gasteiger partial charge in [-0.3, -0.25) is 14.9 Å². The van der Waals surface area contributed by atoms with E-state index in [0.717, 1.165) is 12.0 Å². The first-order valence-electron chi connectivity index (χ1n) is 9.00. The van der Waals surface area contributed by atoms with Crippen molar-refractivity contribution in [3.8, 4) is 11.1 Å². The van der Waals surface area contributed by atoms with Crippen LogP contribution in [0.1, 0.15) is 32.2 Å². The molecule has 0 saturated heterocycles. The molecule has 0 atom stereocenters. The molecule has 0 fully saturated rings. The Morgan fingerprint density at radius 1 is 0.862 bits per heavy atom. The molecular weight excluding hydrogens is 370 g/mol. The fraction of sp³-hybridized carbons (Fsp3) is 0.0455. The molecule has 7 heteroatoms. The third-order valence-electron chi connectivity index (χ3n) is 4.75. The minimum atomic E-state index is -0.512. The molecule has 2 N–H and O–H groups in total. The van der Waals surface area contributed by atoms with E-state index in [1.54, 1.807) is 6.07 Å². The number of amides is 2. The molecule has 7 nitrogen and oxygen atoms in total. The Labute approximate surface area is 165 Å². The number of carbonyl (C=O) groups excluding carboxylic acids is 2. The maximum Gasteiger partial charge on any atom is 0.302 e. The van der Waals surface area contributed by atoms with Crippen LogP contribution in [0.3, 0.4) is 0 Å². The molecule has 29 heavy (non-hydrogen) atoms. The molecular formula is C22H15N3O4. The molecule has 0 saturated carbocycles. The molecule has 2 amide bonds. The normalized spacial score (nSPS) is 11.6. The lowest BCUT2D eigenvalue weighted by Crippen LogP contribution is -2.14. The quantitative estimate of drug-likeness (QED) is 0.479. The Hall–Kier alpha value is -4.13. The van der Waals surface area contributed by atoms with Crippen LogP contribution >= 0.6 is 0 Å². The Kier molecular flexibility index (Phi) is 3.98. The molecule has 1 aliphatic rings. The van der Waals surface area contributed by atoms with E-state index in [0.29, 0.717) is 5.69 Å². The van der Waals surface area contributed by atoms with Gasteiger partial charge in [0, 0.05) is 5.69 Å². The van der Waals surface area contributed by atoms with Crippen LogP contribution in [-0.2, 0) is 6.42 Å². The molecule has 4 aromatic rings. The van der Waals surface area contributed by atoms with E-state index in [2.05, 4.69) is 27.8 Å². The van der Waals surface area contributed by atoms with Crippen molar-refractivity contribution in [3.05, 3.63) is 89.7 Å². The molecule has 142 valence electrons. The van der Waals surface area contributed by atoms with Crippen molar-refractivity contribution in [2.75, 3.05) is 10.6 Å². The molecule has 2 heterocycles. The summed E-state index contributed by atoms with van der Waals surface area (Å²) in [5.74, 6) is -0.821. The molecule has 2 aromatic heterocycles. The smallest absolute Gasteiger partial charge is 0.302 e. The molecule has 0 spiro atoms. The highest BCUT2D eigenvalue weighted by Crippen LogP contribution is 2.37. The monoisotopic (exact) mass is 385 g/mol. The molecule has 0 radical (unpaired) electrons. The van der Waals surface area contributed by atoms with Crippen molar-refractivity contribution in [3.63, 3.8) is 0 Å². The lowest BCUT2D eigenvalue weighted by atomic mass is 10.1. The Morgan fingerprint density at radius 2 is 1.72 bits per heavy atom. The number of nitrogens with zero attached hydrogens (tertiary/aromatic N) is 1. The van der Waals surface area contributed by atoms with Gasteiger partial charge >= 0.3 is 6.01 Å². The highest BCUT2D eigenvalue weighted by atomic mass is 16.4. The summed E-state index contributed by atoms with van der Waals surface area (Å²) >= 11 is 0. The van der Waals surface area contributed by atoms with E-state index in [9.17, 15) is 9.59 Å². The van der Waals surface area contributed by atoms with Gasteiger partial charge < -0.3 is 14.2 Å². The van der Waals surface area contributed by atoms with Gasteiger partial charge in [-0.05, 0) is 52.9 Å². The zero-order valence-electron chi connectivity index (χ0n) is 15.1. The fourth-order valence-electron chi connectivity index (χ4n) is 3.42. The van der Waals surface area contributed by atoms with E-state index in [1.807, 2.05) is 30.3 Å². The second-order valence-electron chi connectivity index (χ2n) is 6.63. The Balaban J connectivity index is 1.29. The summed E-state index contributed by atoms with van der Waals surface area (Å²) in [6.45, 7) is 0. The maximum absolute atomic E-state index is 12.5. The molecule has 0 aliphatic heterocycles. The predicted octanol–water partition coefficient (Wildman–Crippen LogP) is 4.34. The first-order valence-corrected chi connectivity index (χ1v) is 9.00. The van der Waals surface area contributed by atoms with Gasteiger partial charge in [0.2, 0.25) is 0 Å². The summed E-state index contributed by atoms with van der Waals surface area (Å²) in [5.41, 5.74) is 5.58. The Bertz CT molecular complexity index is 1220. The Morgan fingerprint density at radius 3 is 2.59 bits per heavy atom. The number of furan rings is 1. The van der Waals surface area contributed by atoms with Gasteiger partial charge in [-0.25, -0.2) is 0 Å². The largest absolute Gasteiger partial charge is 0.459 e. The molecule has 1 aliphatic carbocycles. The number of carbonyl (C=O) groups is 2. The van der Waals surface area contributed by atoms with Gasteiger partial charge in [-0.15, -0.1) is 0 Å². The van der Waals surface area contributed by atoms with Gasteiger partial charge in [0.05, 0.1) is 6.26 Å². The first-order chi connectivity index (χ1) is 14.2. The number of anilines is 2. The van der Waals surface area contributed by atoms with Crippen LogP contribution in [0, 0.1) is 0 Å². The van der Waals surface area contributed by atoms with E-state index in [-0.39, 0.29) is 17.5 Å². The number of aromatic nitrogens is 1. The van der Waals surface area contributed by atoms with Crippen LogP contribution in [-0.4, -0.2) is 16.8 Å². The van der Waals surface area contributed by atoms with Gasteiger partial charge in [-0.1, -0.05) is 30.3 Å². The SMILES string of the molecule is O=C(Nc1ccc2c(c1)Cc1ccccc1-2)c1coc(NC(=O)c2ccco2)n1. The zero-order chi connectivity index (χ0) is 19.8. The predicted molar refractivity (Wildman–Crippen MR) is 106 cm³/mol. The average Bonchev–Trinajstić information content (AvgIpc) is 3.47. The molecule has 0 unspecified atom stereocenters. The zero-order valence-corrected chi connectivity index (χ0v) is 15.1. The van der Waals surface area contributed by atoms with Crippen molar-refractivity contribution in [2.45, 2.75) is 6.42 Å². The fourth-order valence-corrected chi connectivity index (χ4v) is 3.42. The van der Waals surface area contributed by atoms with Crippen molar-refractivity contribution in [1.29, 1.82) is 0 Å². The second-order valence-corrected chi connectivity index (χ2v) is 6.63. The minimum Gasteiger partial charge on any atom is -0.459 e. The van der Waals surface area contributed by atoms with Gasteiger partial charge in [-0.2, -0.15) is 4.98 Å². The summed E-state index contributed by atoms with van der Waals surface area (Å²) in [6.07, 6.45) is 3.41. The number of fused-ring (bicyclic) bond motifs is 3. The highest BCUT2D eigenvalue weighted by Gasteiger charge is 2.20. The first kappa shape index (κ1) is 17.0. The number of oxazole rings is 1. The van der Waals surface area contributed by atoms with E-state index in [1.165, 1.54) is 35.3 Å². The van der Waals surface area contributed by atoms with Crippen LogP contribution in [0.15, 0.2) is 76.0 Å². The van der Waals surface area contributed by atoms with E-state index >= 15 is 0 Å². The van der Waals surface area contributed by atoms with Crippen molar-refractivity contribution < 1.29 is 18.4 Å². The van der Waals surface area contributed by atoms with Crippen molar-refractivity contribution in [1.82, 2.24) is 4.98 Å². The number of hydrogen-bond acceptors (Lipinski definition) is 5. The van der Waals surface area contributed by atoms with Gasteiger partial charge in [0.25, 0.3) is 11.8 Å². The summed E-state index contributed by atoms with van der Waals surface area (Å²) in [7, 11) is 0. The van der Waals surface area contributed by atoms with Crippen LogP contribution in [0.5, 0.6) is 0 Å². The van der Waals surface area contributed by atoms with Crippen LogP contribution in [0.25, 0.3) is 11.1 Å². The summed E-state index contributed by atoms with van der Waals surface area (Å²) in [5, 5.41) is 5.25. The lowest BCUT2D eigenvalue weighted by Gasteiger charge is -2.06.